The van der Waals surface area contributed by atoms with Gasteiger partial charge in [-0.05, 0) is 49.6 Å². The van der Waals surface area contributed by atoms with Crippen LogP contribution in [0.2, 0.25) is 0 Å². The van der Waals surface area contributed by atoms with Crippen molar-refractivity contribution in [2.24, 2.45) is 5.73 Å². The van der Waals surface area contributed by atoms with Crippen LogP contribution in [0, 0.1) is 12.7 Å². The molecule has 0 aromatic heterocycles. The normalized spacial score (nSPS) is 10.2. The van der Waals surface area contributed by atoms with E-state index in [0.717, 1.165) is 12.0 Å². The molecule has 0 saturated heterocycles. The highest BCUT2D eigenvalue weighted by Gasteiger charge is 2.14. The molecule has 0 amide bonds. The van der Waals surface area contributed by atoms with Crippen molar-refractivity contribution in [1.29, 1.82) is 0 Å². The van der Waals surface area contributed by atoms with Crippen molar-refractivity contribution >= 4 is 5.97 Å². The van der Waals surface area contributed by atoms with E-state index in [-0.39, 0.29) is 11.4 Å². The molecule has 1 aromatic rings. The molecule has 16 heavy (non-hydrogen) atoms. The van der Waals surface area contributed by atoms with E-state index < -0.39 is 5.97 Å². The predicted molar refractivity (Wildman–Crippen MR) is 59.9 cm³/mol. The number of hydrogen-bond acceptors (Lipinski definition) is 3. The van der Waals surface area contributed by atoms with E-state index >= 15 is 0 Å². The van der Waals surface area contributed by atoms with Crippen LogP contribution in [-0.4, -0.2) is 19.6 Å². The van der Waals surface area contributed by atoms with Gasteiger partial charge in [0, 0.05) is 0 Å². The Morgan fingerprint density at radius 1 is 1.50 bits per heavy atom. The van der Waals surface area contributed by atoms with Crippen LogP contribution in [0.15, 0.2) is 12.1 Å². The van der Waals surface area contributed by atoms with Crippen molar-refractivity contribution in [3.8, 4) is 0 Å². The monoisotopic (exact) mass is 225 g/mol. The first-order chi connectivity index (χ1) is 7.60. The number of benzene rings is 1. The third-order valence-electron chi connectivity index (χ3n) is 2.48. The molecule has 3 nitrogen and oxygen atoms in total. The van der Waals surface area contributed by atoms with E-state index in [1.807, 2.05) is 0 Å². The Morgan fingerprint density at radius 3 is 2.75 bits per heavy atom. The number of carbonyl (C=O) groups is 1. The smallest absolute Gasteiger partial charge is 0.338 e. The largest absolute Gasteiger partial charge is 0.465 e. The van der Waals surface area contributed by atoms with Gasteiger partial charge in [0.25, 0.3) is 0 Å². The maximum Gasteiger partial charge on any atom is 0.338 e. The summed E-state index contributed by atoms with van der Waals surface area (Å²) in [6.45, 7) is 2.11. The molecule has 0 saturated carbocycles. The van der Waals surface area contributed by atoms with Crippen molar-refractivity contribution in [2.75, 3.05) is 13.7 Å². The van der Waals surface area contributed by atoms with E-state index in [2.05, 4.69) is 4.74 Å². The summed E-state index contributed by atoms with van der Waals surface area (Å²) in [5.74, 6) is -0.888. The van der Waals surface area contributed by atoms with Crippen LogP contribution in [0.3, 0.4) is 0 Å². The second-order valence-electron chi connectivity index (χ2n) is 3.63. The number of hydrogen-bond donors (Lipinski definition) is 1. The molecule has 1 rings (SSSR count). The van der Waals surface area contributed by atoms with Crippen molar-refractivity contribution in [2.45, 2.75) is 19.8 Å². The van der Waals surface area contributed by atoms with Crippen LogP contribution in [-0.2, 0) is 11.2 Å². The number of esters is 1. The molecule has 1 aromatic carbocycles. The molecule has 0 spiro atoms. The fourth-order valence-corrected chi connectivity index (χ4v) is 1.51. The Labute approximate surface area is 94.4 Å². The average molecular weight is 225 g/mol. The summed E-state index contributed by atoms with van der Waals surface area (Å²) >= 11 is 0. The average Bonchev–Trinajstić information content (AvgIpc) is 2.29. The molecule has 0 atom stereocenters. The summed E-state index contributed by atoms with van der Waals surface area (Å²) < 4.78 is 18.1. The summed E-state index contributed by atoms with van der Waals surface area (Å²) in [5.41, 5.74) is 6.76. The van der Waals surface area contributed by atoms with Gasteiger partial charge in [-0.1, -0.05) is 0 Å². The molecule has 0 bridgehead atoms. The minimum Gasteiger partial charge on any atom is -0.465 e. The minimum atomic E-state index is -0.508. The van der Waals surface area contributed by atoms with Gasteiger partial charge < -0.3 is 10.5 Å². The molecular weight excluding hydrogens is 209 g/mol. The van der Waals surface area contributed by atoms with Gasteiger partial charge in [0.1, 0.15) is 5.82 Å². The van der Waals surface area contributed by atoms with Gasteiger partial charge in [-0.3, -0.25) is 0 Å². The first kappa shape index (κ1) is 12.6. The predicted octanol–water partition coefficient (Wildman–Crippen LogP) is 1.81. The van der Waals surface area contributed by atoms with Crippen molar-refractivity contribution in [1.82, 2.24) is 0 Å². The van der Waals surface area contributed by atoms with Gasteiger partial charge >= 0.3 is 5.97 Å². The Morgan fingerprint density at radius 2 is 2.19 bits per heavy atom. The third-order valence-corrected chi connectivity index (χ3v) is 2.48. The van der Waals surface area contributed by atoms with Gasteiger partial charge in [-0.15, -0.1) is 0 Å². The second-order valence-corrected chi connectivity index (χ2v) is 3.63. The van der Waals surface area contributed by atoms with Crippen LogP contribution >= 0.6 is 0 Å². The molecule has 4 heteroatoms. The number of ether oxygens (including phenoxy) is 1. The van der Waals surface area contributed by atoms with Crippen LogP contribution in [0.1, 0.15) is 27.9 Å². The number of nitrogens with two attached hydrogens (primary N) is 1. The lowest BCUT2D eigenvalue weighted by Gasteiger charge is -2.08. The molecule has 0 fully saturated rings. The topological polar surface area (TPSA) is 52.3 Å². The van der Waals surface area contributed by atoms with Crippen LogP contribution in [0.5, 0.6) is 0 Å². The molecule has 0 heterocycles. The van der Waals surface area contributed by atoms with E-state index in [1.165, 1.54) is 13.2 Å². The quantitative estimate of drug-likeness (QED) is 0.795. The van der Waals surface area contributed by atoms with Gasteiger partial charge in [0.2, 0.25) is 0 Å². The van der Waals surface area contributed by atoms with Crippen LogP contribution < -0.4 is 5.73 Å². The van der Waals surface area contributed by atoms with E-state index in [9.17, 15) is 9.18 Å². The first-order valence-electron chi connectivity index (χ1n) is 5.17. The Bertz CT molecular complexity index is 391. The minimum absolute atomic E-state index is 0.287. The SMILES string of the molecule is COC(=O)c1cc(CCCN)cc(F)c1C. The van der Waals surface area contributed by atoms with Gasteiger partial charge in [-0.2, -0.15) is 0 Å². The summed E-state index contributed by atoms with van der Waals surface area (Å²) in [5, 5.41) is 0. The summed E-state index contributed by atoms with van der Waals surface area (Å²) in [6, 6.07) is 3.11. The highest BCUT2D eigenvalue weighted by molar-refractivity contribution is 5.91. The third kappa shape index (κ3) is 2.79. The Kier molecular flexibility index (Phi) is 4.43. The van der Waals surface area contributed by atoms with Gasteiger partial charge in [-0.25, -0.2) is 9.18 Å². The Balaban J connectivity index is 3.06. The number of carbonyl (C=O) groups excluding carboxylic acids is 1. The fraction of sp³-hybridized carbons (Fsp3) is 0.417. The van der Waals surface area contributed by atoms with Crippen molar-refractivity contribution < 1.29 is 13.9 Å². The molecular formula is C12H16FNO2. The fourth-order valence-electron chi connectivity index (χ4n) is 1.51. The number of aryl methyl sites for hydroxylation is 1. The van der Waals surface area contributed by atoms with Crippen molar-refractivity contribution in [3.05, 3.63) is 34.6 Å². The molecule has 0 aliphatic carbocycles. The van der Waals surface area contributed by atoms with Crippen LogP contribution in [0.25, 0.3) is 0 Å². The number of halogens is 1. The summed E-state index contributed by atoms with van der Waals surface area (Å²) in [7, 11) is 1.28. The molecule has 88 valence electrons. The highest BCUT2D eigenvalue weighted by atomic mass is 19.1. The maximum absolute atomic E-state index is 13.5. The second kappa shape index (κ2) is 5.61. The van der Waals surface area contributed by atoms with Crippen LogP contribution in [0.4, 0.5) is 4.39 Å². The maximum atomic E-state index is 13.5. The molecule has 0 unspecified atom stereocenters. The lowest BCUT2D eigenvalue weighted by atomic mass is 10.0. The molecule has 0 radical (unpaired) electrons. The zero-order valence-electron chi connectivity index (χ0n) is 9.55. The first-order valence-corrected chi connectivity index (χ1v) is 5.17. The zero-order chi connectivity index (χ0) is 12.1. The van der Waals surface area contributed by atoms with E-state index in [1.54, 1.807) is 13.0 Å². The van der Waals surface area contributed by atoms with Crippen molar-refractivity contribution in [3.63, 3.8) is 0 Å². The lowest BCUT2D eigenvalue weighted by Crippen LogP contribution is -2.07. The van der Waals surface area contributed by atoms with E-state index in [4.69, 9.17) is 5.73 Å². The molecule has 0 aliphatic rings. The van der Waals surface area contributed by atoms with Gasteiger partial charge in [0.05, 0.1) is 12.7 Å². The lowest BCUT2D eigenvalue weighted by molar-refractivity contribution is 0.0599. The standard InChI is InChI=1S/C12H16FNO2/c1-8-10(12(15)16-2)6-9(4-3-5-14)7-11(8)13/h6-7H,3-5,14H2,1-2H3. The summed E-state index contributed by atoms with van der Waals surface area (Å²) in [4.78, 5) is 11.4. The zero-order valence-corrected chi connectivity index (χ0v) is 9.55. The Hall–Kier alpha value is -1.42. The number of rotatable bonds is 4. The summed E-state index contributed by atoms with van der Waals surface area (Å²) in [6.07, 6.45) is 1.43. The van der Waals surface area contributed by atoms with E-state index in [0.29, 0.717) is 18.5 Å². The molecule has 2 N–H and O–H groups in total. The van der Waals surface area contributed by atoms with Gasteiger partial charge in [0.15, 0.2) is 0 Å². The highest BCUT2D eigenvalue weighted by Crippen LogP contribution is 2.17. The molecule has 0 aliphatic heterocycles. The number of methoxy groups -OCH3 is 1.